The molecule has 0 aliphatic rings. The van der Waals surface area contributed by atoms with Crippen LogP contribution in [-0.2, 0) is 44.8 Å². The van der Waals surface area contributed by atoms with Gasteiger partial charge in [0.2, 0.25) is 41.4 Å². The standard InChI is InChI=1S/C40H66N8O10/c1-23(2)34(38(57)45-27(16-17-33(53)54)36(55)43-22-30(42)50)47-31(51)20-29(49)28(19-25-13-9-8-10-14-25)46-37(56)26(15-11-12-18-41)44-39(58)35(24(3)4)48-32(52)21-40(5,6)7/h8-10,13-14,23-24,26-29,34-35,49H,11-12,15-22,41H2,1-7H3,(H2,42,50)(H,43,55)(H,44,58)(H,45,57)(H,46,56)(H,47,51)(H,48,52)(H,53,54)/t26?,27-,28-,29?,34-,35-/m0/s1. The first-order chi connectivity index (χ1) is 27.0. The summed E-state index contributed by atoms with van der Waals surface area (Å²) in [6.45, 7) is 12.3. The van der Waals surface area contributed by atoms with Gasteiger partial charge in [-0.25, -0.2) is 0 Å². The van der Waals surface area contributed by atoms with E-state index < -0.39 is 103 Å². The molecular weight excluding hydrogens is 752 g/mol. The van der Waals surface area contributed by atoms with E-state index in [1.54, 1.807) is 58.0 Å². The number of hydrogen-bond acceptors (Lipinski definition) is 10. The van der Waals surface area contributed by atoms with Crippen LogP contribution in [-0.4, -0.2) is 107 Å². The lowest BCUT2D eigenvalue weighted by atomic mass is 9.91. The highest BCUT2D eigenvalue weighted by Crippen LogP contribution is 2.19. The Labute approximate surface area is 341 Å². The number of aliphatic hydroxyl groups is 1. The SMILES string of the molecule is CC(C)[C@H](NC(=O)CC(C)(C)C)C(=O)NC(CCCCN)C(=O)N[C@@H](Cc1ccccc1)C(O)CC(=O)N[C@H](C(=O)N[C@@H](CCC(=O)O)C(=O)NCC(N)=O)C(C)C. The fourth-order valence-corrected chi connectivity index (χ4v) is 5.89. The largest absolute Gasteiger partial charge is 0.481 e. The molecule has 0 bridgehead atoms. The number of amides is 7. The van der Waals surface area contributed by atoms with E-state index in [0.717, 1.165) is 5.56 Å². The third-order valence-electron chi connectivity index (χ3n) is 9.00. The summed E-state index contributed by atoms with van der Waals surface area (Å²) in [6, 6.07) is 3.21. The number of nitrogens with one attached hydrogen (secondary N) is 6. The van der Waals surface area contributed by atoms with Crippen molar-refractivity contribution in [3.8, 4) is 0 Å². The Bertz CT molecular complexity index is 1530. The van der Waals surface area contributed by atoms with Crippen molar-refractivity contribution < 1.29 is 48.6 Å². The fraction of sp³-hybridized carbons (Fsp3) is 0.650. The van der Waals surface area contributed by atoms with E-state index in [4.69, 9.17) is 16.6 Å². The summed E-state index contributed by atoms with van der Waals surface area (Å²) in [4.78, 5) is 102. The predicted molar refractivity (Wildman–Crippen MR) is 216 cm³/mol. The Morgan fingerprint density at radius 2 is 1.24 bits per heavy atom. The molecule has 0 spiro atoms. The molecule has 326 valence electrons. The molecule has 2 unspecified atom stereocenters. The zero-order chi connectivity index (χ0) is 44.2. The first-order valence-corrected chi connectivity index (χ1v) is 19.7. The molecule has 0 fully saturated rings. The number of carboxylic acids is 1. The number of unbranched alkanes of at least 4 members (excludes halogenated alkanes) is 1. The van der Waals surface area contributed by atoms with Crippen LogP contribution in [0, 0.1) is 17.3 Å². The van der Waals surface area contributed by atoms with Crippen LogP contribution in [0.25, 0.3) is 0 Å². The highest BCUT2D eigenvalue weighted by molar-refractivity contribution is 5.94. The Kier molecular flexibility index (Phi) is 22.2. The van der Waals surface area contributed by atoms with Crippen molar-refractivity contribution in [2.75, 3.05) is 13.1 Å². The quantitative estimate of drug-likeness (QED) is 0.0544. The van der Waals surface area contributed by atoms with Crippen LogP contribution < -0.4 is 43.4 Å². The van der Waals surface area contributed by atoms with Crippen LogP contribution >= 0.6 is 0 Å². The molecule has 0 saturated carbocycles. The first kappa shape index (κ1) is 50.9. The lowest BCUT2D eigenvalue weighted by molar-refractivity contribution is -0.138. The second kappa shape index (κ2) is 25.3. The minimum Gasteiger partial charge on any atom is -0.481 e. The number of hydrogen-bond donors (Lipinski definition) is 10. The highest BCUT2D eigenvalue weighted by atomic mass is 16.4. The van der Waals surface area contributed by atoms with Crippen molar-refractivity contribution in [3.63, 3.8) is 0 Å². The van der Waals surface area contributed by atoms with Crippen LogP contribution in [0.5, 0.6) is 0 Å². The van der Waals surface area contributed by atoms with Crippen molar-refractivity contribution in [1.29, 1.82) is 0 Å². The summed E-state index contributed by atoms with van der Waals surface area (Å²) in [5.74, 6) is -6.87. The number of rotatable bonds is 26. The molecule has 0 aliphatic heterocycles. The van der Waals surface area contributed by atoms with E-state index >= 15 is 0 Å². The number of carboxylic acid groups (broad SMARTS) is 1. The van der Waals surface area contributed by atoms with Gasteiger partial charge >= 0.3 is 5.97 Å². The molecule has 58 heavy (non-hydrogen) atoms. The lowest BCUT2D eigenvalue weighted by Gasteiger charge is -2.30. The van der Waals surface area contributed by atoms with Gasteiger partial charge in [-0.3, -0.25) is 38.4 Å². The van der Waals surface area contributed by atoms with Gasteiger partial charge in [0.1, 0.15) is 24.2 Å². The topological polar surface area (TPSA) is 301 Å². The second-order valence-electron chi connectivity index (χ2n) is 16.4. The molecule has 1 aromatic carbocycles. The summed E-state index contributed by atoms with van der Waals surface area (Å²) in [5.41, 5.74) is 11.2. The van der Waals surface area contributed by atoms with Gasteiger partial charge in [0.15, 0.2) is 0 Å². The number of aliphatic hydroxyl groups excluding tert-OH is 1. The van der Waals surface area contributed by atoms with Gasteiger partial charge in [-0.2, -0.15) is 0 Å². The molecular formula is C40H66N8O10. The van der Waals surface area contributed by atoms with Crippen molar-refractivity contribution in [2.45, 2.75) is 136 Å². The van der Waals surface area contributed by atoms with Gasteiger partial charge < -0.3 is 53.6 Å². The van der Waals surface area contributed by atoms with Crippen molar-refractivity contribution >= 4 is 47.3 Å². The zero-order valence-electron chi connectivity index (χ0n) is 34.9. The number of nitrogens with two attached hydrogens (primary N) is 2. The van der Waals surface area contributed by atoms with Crippen molar-refractivity contribution in [1.82, 2.24) is 31.9 Å². The molecule has 0 aliphatic carbocycles. The molecule has 6 atom stereocenters. The Balaban J connectivity index is 3.28. The Morgan fingerprint density at radius 1 is 0.707 bits per heavy atom. The van der Waals surface area contributed by atoms with E-state index in [2.05, 4.69) is 31.9 Å². The maximum absolute atomic E-state index is 14.0. The van der Waals surface area contributed by atoms with Crippen LogP contribution in [0.3, 0.4) is 0 Å². The van der Waals surface area contributed by atoms with E-state index in [0.29, 0.717) is 19.4 Å². The van der Waals surface area contributed by atoms with Gasteiger partial charge in [0.05, 0.1) is 25.1 Å². The molecule has 0 saturated heterocycles. The number of carbonyl (C=O) groups is 8. The maximum atomic E-state index is 14.0. The molecule has 0 radical (unpaired) electrons. The predicted octanol–water partition coefficient (Wildman–Crippen LogP) is -0.252. The van der Waals surface area contributed by atoms with E-state index in [-0.39, 0.29) is 42.9 Å². The van der Waals surface area contributed by atoms with E-state index in [1.165, 1.54) is 0 Å². The first-order valence-electron chi connectivity index (χ1n) is 19.7. The van der Waals surface area contributed by atoms with E-state index in [1.807, 2.05) is 20.8 Å². The Morgan fingerprint density at radius 3 is 1.72 bits per heavy atom. The van der Waals surface area contributed by atoms with Gasteiger partial charge in [0, 0.05) is 12.8 Å². The number of aliphatic carboxylic acids is 1. The average Bonchev–Trinajstić information content (AvgIpc) is 3.11. The molecule has 1 rings (SSSR count). The zero-order valence-corrected chi connectivity index (χ0v) is 34.9. The smallest absolute Gasteiger partial charge is 0.303 e. The molecule has 12 N–H and O–H groups in total. The van der Waals surface area contributed by atoms with Crippen molar-refractivity contribution in [2.24, 2.45) is 28.7 Å². The molecule has 1 aromatic rings. The van der Waals surface area contributed by atoms with Gasteiger partial charge in [0.25, 0.3) is 0 Å². The third-order valence-corrected chi connectivity index (χ3v) is 9.00. The van der Waals surface area contributed by atoms with Crippen molar-refractivity contribution in [3.05, 3.63) is 35.9 Å². The second-order valence-corrected chi connectivity index (χ2v) is 16.4. The van der Waals surface area contributed by atoms with Crippen LogP contribution in [0.1, 0.15) is 99.0 Å². The van der Waals surface area contributed by atoms with Crippen LogP contribution in [0.15, 0.2) is 30.3 Å². The van der Waals surface area contributed by atoms with E-state index in [9.17, 15) is 43.5 Å². The fourth-order valence-electron chi connectivity index (χ4n) is 5.89. The Hall–Kier alpha value is -5.10. The molecule has 0 aromatic heterocycles. The highest BCUT2D eigenvalue weighted by Gasteiger charge is 2.34. The maximum Gasteiger partial charge on any atom is 0.303 e. The average molecular weight is 819 g/mol. The van der Waals surface area contributed by atoms with Crippen LogP contribution in [0.4, 0.5) is 0 Å². The van der Waals surface area contributed by atoms with Crippen LogP contribution in [0.2, 0.25) is 0 Å². The number of carbonyl (C=O) groups excluding carboxylic acids is 7. The number of primary amides is 1. The normalized spacial score (nSPS) is 14.5. The minimum atomic E-state index is -1.50. The summed E-state index contributed by atoms with van der Waals surface area (Å²) in [7, 11) is 0. The van der Waals surface area contributed by atoms with Gasteiger partial charge in [-0.05, 0) is 61.5 Å². The molecule has 0 heterocycles. The lowest BCUT2D eigenvalue weighted by Crippen LogP contribution is -2.58. The monoisotopic (exact) mass is 818 g/mol. The summed E-state index contributed by atoms with van der Waals surface area (Å²) >= 11 is 0. The molecule has 7 amide bonds. The molecule has 18 heteroatoms. The summed E-state index contributed by atoms with van der Waals surface area (Å²) in [6.07, 6.45) is -1.37. The summed E-state index contributed by atoms with van der Waals surface area (Å²) in [5, 5.41) is 36.2. The van der Waals surface area contributed by atoms with Gasteiger partial charge in [-0.1, -0.05) is 78.8 Å². The van der Waals surface area contributed by atoms with Gasteiger partial charge in [-0.15, -0.1) is 0 Å². The number of benzene rings is 1. The summed E-state index contributed by atoms with van der Waals surface area (Å²) < 4.78 is 0. The third kappa shape index (κ3) is 20.4. The molecule has 18 nitrogen and oxygen atoms in total. The minimum absolute atomic E-state index is 0.0851.